The molecule has 1 aliphatic carbocycles. The number of hydrogen-bond donors (Lipinski definition) is 1. The maximum atomic E-state index is 13.4. The van der Waals surface area contributed by atoms with Crippen LogP contribution >= 0.6 is 23.4 Å². The van der Waals surface area contributed by atoms with Crippen LogP contribution in [0.3, 0.4) is 0 Å². The Bertz CT molecular complexity index is 1460. The molecule has 1 saturated carbocycles. The summed E-state index contributed by atoms with van der Waals surface area (Å²) < 4.78 is 7.16. The van der Waals surface area contributed by atoms with E-state index in [1.54, 1.807) is 11.8 Å². The van der Waals surface area contributed by atoms with Crippen LogP contribution in [0.5, 0.6) is 0 Å². The Labute approximate surface area is 223 Å². The highest BCUT2D eigenvalue weighted by Gasteiger charge is 2.44. The van der Waals surface area contributed by atoms with E-state index in [9.17, 15) is 9.59 Å². The molecular formula is C27H28ClN5O3S. The van der Waals surface area contributed by atoms with Crippen LogP contribution in [0.1, 0.15) is 33.6 Å². The van der Waals surface area contributed by atoms with Gasteiger partial charge in [-0.1, -0.05) is 41.1 Å². The van der Waals surface area contributed by atoms with Crippen LogP contribution < -0.4 is 5.56 Å². The van der Waals surface area contributed by atoms with E-state index in [0.717, 1.165) is 28.9 Å². The largest absolute Gasteiger partial charge is 0.460 e. The maximum absolute atomic E-state index is 13.4. The van der Waals surface area contributed by atoms with Crippen LogP contribution in [0.2, 0.25) is 5.02 Å². The molecule has 5 rings (SSSR count). The van der Waals surface area contributed by atoms with Crippen LogP contribution in [0.4, 0.5) is 0 Å². The minimum atomic E-state index is -0.606. The summed E-state index contributed by atoms with van der Waals surface area (Å²) in [6, 6.07) is 16.1. The molecule has 10 heteroatoms. The van der Waals surface area contributed by atoms with Gasteiger partial charge >= 0.3 is 5.97 Å². The average Bonchev–Trinajstić information content (AvgIpc) is 3.48. The summed E-state index contributed by atoms with van der Waals surface area (Å²) in [5.41, 5.74) is 1.89. The Hall–Kier alpha value is -3.17. The number of ether oxygens (including phenoxy) is 1. The predicted molar refractivity (Wildman–Crippen MR) is 145 cm³/mol. The number of esters is 1. The van der Waals surface area contributed by atoms with E-state index in [1.807, 2.05) is 45.0 Å². The van der Waals surface area contributed by atoms with Gasteiger partial charge in [0.2, 0.25) is 5.65 Å². The number of thioether (sulfide) groups is 1. The Morgan fingerprint density at radius 2 is 1.78 bits per heavy atom. The predicted octanol–water partition coefficient (Wildman–Crippen LogP) is 5.36. The van der Waals surface area contributed by atoms with Crippen molar-refractivity contribution in [3.05, 3.63) is 70.2 Å². The number of aromatic amines is 1. The summed E-state index contributed by atoms with van der Waals surface area (Å²) in [7, 11) is 0. The lowest BCUT2D eigenvalue weighted by Crippen LogP contribution is -2.37. The lowest BCUT2D eigenvalue weighted by Gasteiger charge is -2.28. The van der Waals surface area contributed by atoms with Crippen molar-refractivity contribution in [2.24, 2.45) is 11.8 Å². The van der Waals surface area contributed by atoms with Gasteiger partial charge in [0.15, 0.2) is 5.52 Å². The fourth-order valence-electron chi connectivity index (χ4n) is 4.76. The second-order valence-corrected chi connectivity index (χ2v) is 12.0. The van der Waals surface area contributed by atoms with Crippen molar-refractivity contribution in [3.63, 3.8) is 0 Å². The number of carbonyl (C=O) groups is 1. The number of benzene rings is 2. The fraction of sp³-hybridized carbons (Fsp3) is 0.370. The molecule has 192 valence electrons. The number of halogens is 1. The minimum absolute atomic E-state index is 0.0146. The number of aromatic nitrogens is 5. The smallest absolute Gasteiger partial charge is 0.310 e. The third-order valence-corrected chi connectivity index (χ3v) is 8.08. The van der Waals surface area contributed by atoms with E-state index in [1.165, 1.54) is 11.0 Å². The summed E-state index contributed by atoms with van der Waals surface area (Å²) >= 11 is 7.70. The van der Waals surface area contributed by atoms with E-state index < -0.39 is 5.60 Å². The van der Waals surface area contributed by atoms with E-state index in [4.69, 9.17) is 16.3 Å². The Balaban J connectivity index is 1.37. The van der Waals surface area contributed by atoms with Gasteiger partial charge < -0.3 is 9.72 Å². The fourth-order valence-corrected chi connectivity index (χ4v) is 6.27. The lowest BCUT2D eigenvalue weighted by atomic mass is 9.95. The summed E-state index contributed by atoms with van der Waals surface area (Å²) in [6.45, 7) is 5.90. The monoisotopic (exact) mass is 537 g/mol. The molecule has 0 unspecified atom stereocenters. The van der Waals surface area contributed by atoms with E-state index in [2.05, 4.69) is 44.5 Å². The van der Waals surface area contributed by atoms with Gasteiger partial charge in [-0.25, -0.2) is 9.67 Å². The second-order valence-electron chi connectivity index (χ2n) is 10.3. The number of H-pyrrole nitrogens is 1. The van der Waals surface area contributed by atoms with Gasteiger partial charge in [-0.15, -0.1) is 16.9 Å². The molecule has 4 aromatic rings. The topological polar surface area (TPSA) is 103 Å². The molecule has 0 radical (unpaired) electrons. The molecule has 2 heterocycles. The highest BCUT2D eigenvalue weighted by atomic mass is 35.5. The zero-order valence-electron chi connectivity index (χ0n) is 20.8. The van der Waals surface area contributed by atoms with Gasteiger partial charge in [0.1, 0.15) is 5.60 Å². The molecule has 1 N–H and O–H groups in total. The third kappa shape index (κ3) is 5.72. The number of rotatable bonds is 6. The van der Waals surface area contributed by atoms with Crippen LogP contribution in [-0.4, -0.2) is 41.8 Å². The first kappa shape index (κ1) is 25.5. The molecule has 0 spiro atoms. The quantitative estimate of drug-likeness (QED) is 0.330. The molecule has 0 saturated heterocycles. The van der Waals surface area contributed by atoms with Gasteiger partial charge in [-0.05, 0) is 74.9 Å². The van der Waals surface area contributed by atoms with Gasteiger partial charge in [-0.3, -0.25) is 9.59 Å². The summed E-state index contributed by atoms with van der Waals surface area (Å²) in [4.78, 5) is 34.2. The Morgan fingerprint density at radius 3 is 2.46 bits per heavy atom. The number of imidazole rings is 1. The van der Waals surface area contributed by atoms with Gasteiger partial charge in [0.25, 0.3) is 5.56 Å². The molecule has 0 amide bonds. The molecule has 2 aromatic carbocycles. The average molecular weight is 538 g/mol. The second kappa shape index (κ2) is 10.3. The van der Waals surface area contributed by atoms with Crippen molar-refractivity contribution in [3.8, 4) is 11.1 Å². The first-order valence-electron chi connectivity index (χ1n) is 12.2. The normalized spacial score (nSPS) is 19.8. The van der Waals surface area contributed by atoms with Crippen LogP contribution in [-0.2, 0) is 16.1 Å². The van der Waals surface area contributed by atoms with Gasteiger partial charge in [0, 0.05) is 15.2 Å². The number of carbonyl (C=O) groups excluding carboxylic acids is 1. The molecule has 8 nitrogen and oxygen atoms in total. The molecule has 0 bridgehead atoms. The summed E-state index contributed by atoms with van der Waals surface area (Å²) in [6.07, 6.45) is 3.03. The Morgan fingerprint density at radius 1 is 1.11 bits per heavy atom. The van der Waals surface area contributed by atoms with Crippen molar-refractivity contribution in [2.75, 3.05) is 0 Å². The summed E-state index contributed by atoms with van der Waals surface area (Å²) in [5.74, 6) is -0.728. The van der Waals surface area contributed by atoms with Gasteiger partial charge in [0.05, 0.1) is 18.8 Å². The van der Waals surface area contributed by atoms with Crippen LogP contribution in [0.15, 0.2) is 64.5 Å². The first-order chi connectivity index (χ1) is 17.7. The van der Waals surface area contributed by atoms with E-state index >= 15 is 0 Å². The molecule has 3 atom stereocenters. The highest BCUT2D eigenvalue weighted by molar-refractivity contribution is 8.00. The number of nitrogens with one attached hydrogen (secondary N) is 1. The molecule has 2 aromatic heterocycles. The third-order valence-electron chi connectivity index (χ3n) is 6.45. The maximum Gasteiger partial charge on any atom is 0.310 e. The van der Waals surface area contributed by atoms with Crippen LogP contribution in [0.25, 0.3) is 22.3 Å². The van der Waals surface area contributed by atoms with Crippen molar-refractivity contribution >= 4 is 40.5 Å². The number of fused-ring (bicyclic) bond motifs is 1. The number of nitrogens with zero attached hydrogens (tertiary/aromatic N) is 4. The lowest BCUT2D eigenvalue weighted by molar-refractivity contribution is -0.161. The first-order valence-corrected chi connectivity index (χ1v) is 13.5. The minimum Gasteiger partial charge on any atom is -0.460 e. The van der Waals surface area contributed by atoms with Crippen molar-refractivity contribution in [2.45, 2.75) is 55.9 Å². The van der Waals surface area contributed by atoms with Crippen molar-refractivity contribution in [1.29, 1.82) is 0 Å². The zero-order chi connectivity index (χ0) is 26.2. The van der Waals surface area contributed by atoms with Crippen LogP contribution in [0, 0.1) is 11.8 Å². The van der Waals surface area contributed by atoms with Gasteiger partial charge in [-0.2, -0.15) is 0 Å². The van der Waals surface area contributed by atoms with Crippen molar-refractivity contribution in [1.82, 2.24) is 25.0 Å². The van der Waals surface area contributed by atoms with Crippen molar-refractivity contribution < 1.29 is 9.53 Å². The SMILES string of the molecule is CC(C)(C)OC(=O)[C@H]1[C@H](Cn2nnc3nc[nH]c3c2=O)CC[C@@H]1Sc1ccc(-c2ccc(Cl)cc2)cc1. The standard InChI is InChI=1S/C27H28ClN5O3S/c1-27(2,3)36-26(35)22-18(14-33-25(34)23-24(31-32-33)30-15-29-23)8-13-21(22)37-20-11-6-17(7-12-20)16-4-9-19(28)10-5-16/h4-7,9-12,15,18,21-22H,8,13-14H2,1-3H3,(H,29,30)/t18-,21-,22-/m0/s1. The molecule has 1 aliphatic rings. The zero-order valence-corrected chi connectivity index (χ0v) is 22.4. The molecular weight excluding hydrogens is 510 g/mol. The molecule has 0 aliphatic heterocycles. The molecule has 37 heavy (non-hydrogen) atoms. The number of hydrogen-bond acceptors (Lipinski definition) is 7. The summed E-state index contributed by atoms with van der Waals surface area (Å²) in [5, 5.41) is 8.83. The molecule has 1 fully saturated rings. The highest BCUT2D eigenvalue weighted by Crippen LogP contribution is 2.44. The Kier molecular flexibility index (Phi) is 7.09. The van der Waals surface area contributed by atoms with E-state index in [-0.39, 0.29) is 40.8 Å². The van der Waals surface area contributed by atoms with E-state index in [0.29, 0.717) is 10.5 Å².